The van der Waals surface area contributed by atoms with E-state index in [1.807, 2.05) is 60.7 Å². The van der Waals surface area contributed by atoms with Crippen LogP contribution in [-0.2, 0) is 10.5 Å². The Bertz CT molecular complexity index is 1100. The predicted octanol–water partition coefficient (Wildman–Crippen LogP) is 6.70. The van der Waals surface area contributed by atoms with Crippen LogP contribution >= 0.6 is 23.5 Å². The van der Waals surface area contributed by atoms with Crippen molar-refractivity contribution in [2.24, 2.45) is 4.99 Å². The first-order chi connectivity index (χ1) is 14.6. The van der Waals surface area contributed by atoms with Crippen molar-refractivity contribution < 1.29 is 4.79 Å². The number of nitrogens with zero attached hydrogens (tertiary/aromatic N) is 2. The first kappa shape index (κ1) is 20.5. The topological polar surface area (TPSA) is 32.7 Å². The number of rotatable bonds is 4. The number of benzene rings is 3. The molecule has 3 aromatic carbocycles. The number of hydrogen-bond donors (Lipinski definition) is 0. The third-order valence-corrected chi connectivity index (χ3v) is 6.52. The van der Waals surface area contributed by atoms with Gasteiger partial charge in [-0.3, -0.25) is 9.69 Å². The van der Waals surface area contributed by atoms with Gasteiger partial charge in [0, 0.05) is 16.7 Å². The van der Waals surface area contributed by atoms with Crippen molar-refractivity contribution in [2.75, 3.05) is 11.2 Å². The summed E-state index contributed by atoms with van der Waals surface area (Å²) in [5.41, 5.74) is 5.06. The molecule has 0 bridgehead atoms. The molecule has 0 atom stereocenters. The fourth-order valence-electron chi connectivity index (χ4n) is 3.14. The van der Waals surface area contributed by atoms with E-state index < -0.39 is 0 Å². The van der Waals surface area contributed by atoms with Crippen LogP contribution < -0.4 is 4.90 Å². The van der Waals surface area contributed by atoms with Gasteiger partial charge in [-0.1, -0.05) is 59.8 Å². The number of aryl methyl sites for hydroxylation is 1. The van der Waals surface area contributed by atoms with Gasteiger partial charge in [-0.15, -0.1) is 11.8 Å². The minimum atomic E-state index is -0.102. The Kier molecular flexibility index (Phi) is 6.41. The van der Waals surface area contributed by atoms with E-state index in [1.165, 1.54) is 10.5 Å². The first-order valence-electron chi connectivity index (χ1n) is 9.66. The third kappa shape index (κ3) is 4.69. The normalized spacial score (nSPS) is 14.9. The lowest BCUT2D eigenvalue weighted by molar-refractivity contribution is -0.113. The highest BCUT2D eigenvalue weighted by molar-refractivity contribution is 8.13. The van der Waals surface area contributed by atoms with Gasteiger partial charge in [-0.25, -0.2) is 4.99 Å². The Morgan fingerprint density at radius 2 is 1.77 bits per heavy atom. The van der Waals surface area contributed by atoms with Crippen LogP contribution in [0, 0.1) is 6.92 Å². The van der Waals surface area contributed by atoms with E-state index in [1.54, 1.807) is 34.5 Å². The third-order valence-electron chi connectivity index (χ3n) is 4.79. The zero-order valence-electron chi connectivity index (χ0n) is 16.9. The summed E-state index contributed by atoms with van der Waals surface area (Å²) in [7, 11) is 0. The molecule has 0 fully saturated rings. The van der Waals surface area contributed by atoms with Gasteiger partial charge in [0.15, 0.2) is 5.17 Å². The van der Waals surface area contributed by atoms with Gasteiger partial charge in [-0.2, -0.15) is 0 Å². The maximum atomic E-state index is 13.3. The number of fused-ring (bicyclic) bond motifs is 1. The van der Waals surface area contributed by atoms with Crippen molar-refractivity contribution >= 4 is 52.0 Å². The van der Waals surface area contributed by atoms with E-state index in [2.05, 4.69) is 31.4 Å². The Morgan fingerprint density at radius 3 is 2.50 bits per heavy atom. The van der Waals surface area contributed by atoms with Crippen LogP contribution in [-0.4, -0.2) is 17.3 Å². The van der Waals surface area contributed by atoms with Crippen molar-refractivity contribution in [1.82, 2.24) is 0 Å². The lowest BCUT2D eigenvalue weighted by atomic mass is 10.1. The Hall–Kier alpha value is -2.76. The van der Waals surface area contributed by atoms with E-state index in [-0.39, 0.29) is 5.91 Å². The number of carbonyl (C=O) groups is 1. The summed E-state index contributed by atoms with van der Waals surface area (Å²) >= 11 is 3.29. The SMILES string of the molecule is CSc1ccc(/C=C/C(=O)N2C(=Nc3ccc(C)cc3)SCc3ccccc32)cc1. The molecule has 0 aromatic heterocycles. The average molecular weight is 431 g/mol. The van der Waals surface area contributed by atoms with Crippen molar-refractivity contribution in [3.63, 3.8) is 0 Å². The minimum absolute atomic E-state index is 0.102. The van der Waals surface area contributed by atoms with Crippen molar-refractivity contribution in [1.29, 1.82) is 0 Å². The molecule has 3 nitrogen and oxygen atoms in total. The molecule has 1 heterocycles. The number of amides is 1. The summed E-state index contributed by atoms with van der Waals surface area (Å²) in [6, 6.07) is 24.2. The summed E-state index contributed by atoms with van der Waals surface area (Å²) in [4.78, 5) is 21.0. The zero-order chi connectivity index (χ0) is 20.9. The van der Waals surface area contributed by atoms with Gasteiger partial charge in [0.25, 0.3) is 5.91 Å². The van der Waals surface area contributed by atoms with Crippen molar-refractivity contribution in [3.8, 4) is 0 Å². The van der Waals surface area contributed by atoms with Gasteiger partial charge in [0.1, 0.15) is 0 Å². The molecule has 150 valence electrons. The van der Waals surface area contributed by atoms with E-state index in [9.17, 15) is 4.79 Å². The fourth-order valence-corrected chi connectivity index (χ4v) is 4.57. The second kappa shape index (κ2) is 9.37. The smallest absolute Gasteiger partial charge is 0.257 e. The van der Waals surface area contributed by atoms with Gasteiger partial charge in [0.05, 0.1) is 11.4 Å². The van der Waals surface area contributed by atoms with Crippen molar-refractivity contribution in [2.45, 2.75) is 17.6 Å². The van der Waals surface area contributed by atoms with E-state index in [4.69, 9.17) is 4.99 Å². The molecule has 30 heavy (non-hydrogen) atoms. The molecule has 0 spiro atoms. The fraction of sp³-hybridized carbons (Fsp3) is 0.120. The molecule has 0 radical (unpaired) electrons. The predicted molar refractivity (Wildman–Crippen MR) is 131 cm³/mol. The van der Waals surface area contributed by atoms with E-state index in [0.717, 1.165) is 28.3 Å². The van der Waals surface area contributed by atoms with E-state index >= 15 is 0 Å². The highest BCUT2D eigenvalue weighted by Crippen LogP contribution is 2.35. The average Bonchev–Trinajstić information content (AvgIpc) is 2.79. The zero-order valence-corrected chi connectivity index (χ0v) is 18.5. The largest absolute Gasteiger partial charge is 0.269 e. The lowest BCUT2D eigenvalue weighted by Crippen LogP contribution is -2.36. The quantitative estimate of drug-likeness (QED) is 0.341. The molecule has 3 aromatic rings. The summed E-state index contributed by atoms with van der Waals surface area (Å²) in [5.74, 6) is 0.694. The molecule has 0 unspecified atom stereocenters. The monoisotopic (exact) mass is 430 g/mol. The number of thioether (sulfide) groups is 2. The van der Waals surface area contributed by atoms with Crippen LogP contribution in [0.15, 0.2) is 88.8 Å². The highest BCUT2D eigenvalue weighted by Gasteiger charge is 2.27. The second-order valence-electron chi connectivity index (χ2n) is 6.93. The number of carbonyl (C=O) groups excluding carboxylic acids is 1. The van der Waals surface area contributed by atoms with Gasteiger partial charge in [-0.05, 0) is 60.7 Å². The van der Waals surface area contributed by atoms with Crippen molar-refractivity contribution in [3.05, 3.63) is 95.6 Å². The van der Waals surface area contributed by atoms with Gasteiger partial charge in [0.2, 0.25) is 0 Å². The van der Waals surface area contributed by atoms with Crippen LogP contribution in [0.3, 0.4) is 0 Å². The van der Waals surface area contributed by atoms with Crippen LogP contribution in [0.5, 0.6) is 0 Å². The summed E-state index contributed by atoms with van der Waals surface area (Å²) < 4.78 is 0. The number of amidine groups is 1. The van der Waals surface area contributed by atoms with Crippen LogP contribution in [0.1, 0.15) is 16.7 Å². The molecule has 1 amide bonds. The molecule has 0 saturated carbocycles. The molecule has 5 heteroatoms. The lowest BCUT2D eigenvalue weighted by Gasteiger charge is -2.29. The molecule has 1 aliphatic heterocycles. The number of anilines is 1. The molecule has 0 aliphatic carbocycles. The van der Waals surface area contributed by atoms with Gasteiger partial charge >= 0.3 is 0 Å². The molecular formula is C25H22N2OS2. The number of para-hydroxylation sites is 1. The number of hydrogen-bond acceptors (Lipinski definition) is 4. The van der Waals surface area contributed by atoms with Gasteiger partial charge < -0.3 is 0 Å². The first-order valence-corrected chi connectivity index (χ1v) is 11.9. The Labute approximate surface area is 185 Å². The summed E-state index contributed by atoms with van der Waals surface area (Å²) in [6.45, 7) is 2.05. The molecule has 1 aliphatic rings. The summed E-state index contributed by atoms with van der Waals surface area (Å²) in [6.07, 6.45) is 5.54. The van der Waals surface area contributed by atoms with Crippen LogP contribution in [0.4, 0.5) is 11.4 Å². The Balaban J connectivity index is 1.67. The standard InChI is InChI=1S/C25H22N2OS2/c1-18-7-12-21(13-8-18)26-25-27(23-6-4-3-5-20(23)17-30-25)24(28)16-11-19-9-14-22(29-2)15-10-19/h3-16H,17H2,1-2H3/b16-11+,26-25?. The molecule has 4 rings (SSSR count). The maximum absolute atomic E-state index is 13.3. The molecular weight excluding hydrogens is 408 g/mol. The summed E-state index contributed by atoms with van der Waals surface area (Å²) in [5, 5.41) is 0.699. The molecule has 0 N–H and O–H groups in total. The van der Waals surface area contributed by atoms with Crippen LogP contribution in [0.25, 0.3) is 6.08 Å². The minimum Gasteiger partial charge on any atom is -0.269 e. The Morgan fingerprint density at radius 1 is 1.03 bits per heavy atom. The number of aliphatic imine (C=N–C) groups is 1. The van der Waals surface area contributed by atoms with E-state index in [0.29, 0.717) is 5.17 Å². The second-order valence-corrected chi connectivity index (χ2v) is 8.75. The maximum Gasteiger partial charge on any atom is 0.257 e. The molecule has 0 saturated heterocycles. The van der Waals surface area contributed by atoms with Crippen LogP contribution in [0.2, 0.25) is 0 Å². The highest BCUT2D eigenvalue weighted by atomic mass is 32.2.